The fourth-order valence-electron chi connectivity index (χ4n) is 1.82. The monoisotopic (exact) mass is 184 g/mol. The molecular weight excluding hydrogens is 172 g/mol. The summed E-state index contributed by atoms with van der Waals surface area (Å²) >= 11 is 0. The molecule has 2 nitrogen and oxygen atoms in total. The lowest BCUT2D eigenvalue weighted by Gasteiger charge is -1.98. The van der Waals surface area contributed by atoms with Gasteiger partial charge in [-0.3, -0.25) is 0 Å². The Morgan fingerprint density at radius 3 is 2.86 bits per heavy atom. The number of aryl methyl sites for hydroxylation is 2. The zero-order valence-corrected chi connectivity index (χ0v) is 8.39. The summed E-state index contributed by atoms with van der Waals surface area (Å²) in [5.74, 6) is 0. The van der Waals surface area contributed by atoms with Gasteiger partial charge in [-0.1, -0.05) is 25.1 Å². The Balaban J connectivity index is 2.85. The van der Waals surface area contributed by atoms with Crippen molar-refractivity contribution in [3.05, 3.63) is 35.0 Å². The van der Waals surface area contributed by atoms with Crippen molar-refractivity contribution in [1.82, 2.24) is 4.98 Å². The molecule has 0 fully saturated rings. The Morgan fingerprint density at radius 2 is 2.21 bits per heavy atom. The van der Waals surface area contributed by atoms with E-state index in [1.165, 1.54) is 10.9 Å². The van der Waals surface area contributed by atoms with Gasteiger partial charge in [-0.2, -0.15) is 5.26 Å². The third-order valence-corrected chi connectivity index (χ3v) is 2.67. The van der Waals surface area contributed by atoms with Gasteiger partial charge >= 0.3 is 0 Å². The van der Waals surface area contributed by atoms with Crippen LogP contribution in [-0.2, 0) is 6.42 Å². The van der Waals surface area contributed by atoms with E-state index in [1.54, 1.807) is 0 Å². The quantitative estimate of drug-likeness (QED) is 0.727. The van der Waals surface area contributed by atoms with Crippen LogP contribution in [0.2, 0.25) is 0 Å². The van der Waals surface area contributed by atoms with Gasteiger partial charge < -0.3 is 4.98 Å². The van der Waals surface area contributed by atoms with Gasteiger partial charge in [-0.05, 0) is 24.5 Å². The lowest BCUT2D eigenvalue weighted by atomic mass is 10.1. The van der Waals surface area contributed by atoms with Gasteiger partial charge in [-0.15, -0.1) is 0 Å². The van der Waals surface area contributed by atoms with Gasteiger partial charge in [0.15, 0.2) is 0 Å². The molecule has 0 amide bonds. The largest absolute Gasteiger partial charge is 0.346 e. The zero-order valence-electron chi connectivity index (χ0n) is 8.39. The number of rotatable bonds is 1. The van der Waals surface area contributed by atoms with Crippen LogP contribution >= 0.6 is 0 Å². The molecule has 0 spiro atoms. The van der Waals surface area contributed by atoms with Crippen LogP contribution in [0.25, 0.3) is 10.9 Å². The highest BCUT2D eigenvalue weighted by Gasteiger charge is 2.08. The topological polar surface area (TPSA) is 39.6 Å². The minimum Gasteiger partial charge on any atom is -0.346 e. The van der Waals surface area contributed by atoms with E-state index >= 15 is 0 Å². The number of H-pyrrole nitrogens is 1. The van der Waals surface area contributed by atoms with Crippen molar-refractivity contribution in [1.29, 1.82) is 5.26 Å². The second kappa shape index (κ2) is 3.19. The Hall–Kier alpha value is -1.75. The molecule has 1 aromatic heterocycles. The van der Waals surface area contributed by atoms with Crippen molar-refractivity contribution in [3.63, 3.8) is 0 Å². The molecule has 70 valence electrons. The first-order valence-electron chi connectivity index (χ1n) is 4.78. The molecule has 0 unspecified atom stereocenters. The number of aromatic amines is 1. The molecule has 0 aliphatic heterocycles. The first-order valence-corrected chi connectivity index (χ1v) is 4.78. The Kier molecular flexibility index (Phi) is 2.01. The summed E-state index contributed by atoms with van der Waals surface area (Å²) in [7, 11) is 0. The van der Waals surface area contributed by atoms with Crippen LogP contribution < -0.4 is 0 Å². The number of hydrogen-bond donors (Lipinski definition) is 1. The second-order valence-corrected chi connectivity index (χ2v) is 3.43. The van der Waals surface area contributed by atoms with Crippen molar-refractivity contribution in [2.75, 3.05) is 0 Å². The minimum absolute atomic E-state index is 0.681. The molecule has 2 aromatic rings. The van der Waals surface area contributed by atoms with Gasteiger partial charge in [0, 0.05) is 10.9 Å². The predicted molar refractivity (Wildman–Crippen MR) is 57.1 cm³/mol. The second-order valence-electron chi connectivity index (χ2n) is 3.43. The number of nitrogens with one attached hydrogen (secondary N) is 1. The Labute approximate surface area is 83.2 Å². The summed E-state index contributed by atoms with van der Waals surface area (Å²) in [6.45, 7) is 4.10. The molecule has 0 radical (unpaired) electrons. The number of aromatic nitrogens is 1. The van der Waals surface area contributed by atoms with E-state index < -0.39 is 0 Å². The molecule has 14 heavy (non-hydrogen) atoms. The van der Waals surface area contributed by atoms with Crippen molar-refractivity contribution >= 4 is 10.9 Å². The van der Waals surface area contributed by atoms with Crippen LogP contribution in [0.5, 0.6) is 0 Å². The van der Waals surface area contributed by atoms with Crippen molar-refractivity contribution in [2.45, 2.75) is 20.3 Å². The molecule has 0 saturated heterocycles. The smallest absolute Gasteiger partial charge is 0.121 e. The zero-order chi connectivity index (χ0) is 10.1. The number of fused-ring (bicyclic) bond motifs is 1. The molecule has 2 rings (SSSR count). The molecule has 1 N–H and O–H groups in total. The molecule has 1 aromatic carbocycles. The molecule has 0 saturated carbocycles. The van der Waals surface area contributed by atoms with Crippen LogP contribution in [0, 0.1) is 18.3 Å². The fourth-order valence-corrected chi connectivity index (χ4v) is 1.82. The van der Waals surface area contributed by atoms with Gasteiger partial charge in [-0.25, -0.2) is 0 Å². The van der Waals surface area contributed by atoms with Gasteiger partial charge in [0.05, 0.1) is 0 Å². The lowest BCUT2D eigenvalue weighted by molar-refractivity contribution is 1.15. The number of nitriles is 1. The molecule has 0 aliphatic rings. The summed E-state index contributed by atoms with van der Waals surface area (Å²) in [6.07, 6.45) is 0.988. The number of para-hydroxylation sites is 1. The molecule has 0 atom stereocenters. The van der Waals surface area contributed by atoms with Crippen LogP contribution in [0.15, 0.2) is 18.2 Å². The van der Waals surface area contributed by atoms with E-state index in [1.807, 2.05) is 13.0 Å². The van der Waals surface area contributed by atoms with Crippen LogP contribution in [-0.4, -0.2) is 4.98 Å². The summed E-state index contributed by atoms with van der Waals surface area (Å²) in [5.41, 5.74) is 4.12. The highest BCUT2D eigenvalue weighted by molar-refractivity contribution is 5.88. The molecular formula is C12H12N2. The van der Waals surface area contributed by atoms with Crippen molar-refractivity contribution < 1.29 is 0 Å². The highest BCUT2D eigenvalue weighted by atomic mass is 14.7. The van der Waals surface area contributed by atoms with E-state index in [9.17, 15) is 0 Å². The van der Waals surface area contributed by atoms with E-state index in [-0.39, 0.29) is 0 Å². The standard InChI is InChI=1S/C12H12N2/c1-3-9-5-4-6-10-8(2)11(7-13)14-12(9)10/h4-6,14H,3H2,1-2H3. The van der Waals surface area contributed by atoms with Crippen LogP contribution in [0.3, 0.4) is 0 Å². The maximum atomic E-state index is 8.90. The Bertz CT molecular complexity index is 515. The van der Waals surface area contributed by atoms with Crippen LogP contribution in [0.1, 0.15) is 23.7 Å². The van der Waals surface area contributed by atoms with Gasteiger partial charge in [0.1, 0.15) is 11.8 Å². The summed E-state index contributed by atoms with van der Waals surface area (Å²) in [5, 5.41) is 10.1. The maximum absolute atomic E-state index is 8.90. The minimum atomic E-state index is 0.681. The summed E-state index contributed by atoms with van der Waals surface area (Å²) < 4.78 is 0. The highest BCUT2D eigenvalue weighted by Crippen LogP contribution is 2.24. The van der Waals surface area contributed by atoms with Gasteiger partial charge in [0.2, 0.25) is 0 Å². The average Bonchev–Trinajstić information content (AvgIpc) is 2.55. The predicted octanol–water partition coefficient (Wildman–Crippen LogP) is 2.91. The molecule has 1 heterocycles. The normalized spacial score (nSPS) is 10.4. The lowest BCUT2D eigenvalue weighted by Crippen LogP contribution is -1.81. The van der Waals surface area contributed by atoms with Crippen molar-refractivity contribution in [2.24, 2.45) is 0 Å². The van der Waals surface area contributed by atoms with E-state index in [0.717, 1.165) is 17.5 Å². The van der Waals surface area contributed by atoms with Gasteiger partial charge in [0.25, 0.3) is 0 Å². The average molecular weight is 184 g/mol. The maximum Gasteiger partial charge on any atom is 0.121 e. The first-order chi connectivity index (χ1) is 6.77. The number of hydrogen-bond acceptors (Lipinski definition) is 1. The third-order valence-electron chi connectivity index (χ3n) is 2.67. The summed E-state index contributed by atoms with van der Waals surface area (Å²) in [6, 6.07) is 8.38. The SMILES string of the molecule is CCc1cccc2c(C)c(C#N)[nH]c12. The fraction of sp³-hybridized carbons (Fsp3) is 0.250. The van der Waals surface area contributed by atoms with Crippen molar-refractivity contribution in [3.8, 4) is 6.07 Å². The Morgan fingerprint density at radius 1 is 1.43 bits per heavy atom. The van der Waals surface area contributed by atoms with Crippen LogP contribution in [0.4, 0.5) is 0 Å². The number of nitrogens with zero attached hydrogens (tertiary/aromatic N) is 1. The van der Waals surface area contributed by atoms with E-state index in [0.29, 0.717) is 5.69 Å². The summed E-state index contributed by atoms with van der Waals surface area (Å²) in [4.78, 5) is 3.17. The van der Waals surface area contributed by atoms with E-state index in [4.69, 9.17) is 5.26 Å². The molecule has 0 bridgehead atoms. The first kappa shape index (κ1) is 8.83. The van der Waals surface area contributed by atoms with E-state index in [2.05, 4.69) is 30.1 Å². The molecule has 0 aliphatic carbocycles. The molecule has 2 heteroatoms. The third kappa shape index (κ3) is 1.10. The number of benzene rings is 1.